The van der Waals surface area contributed by atoms with Crippen LogP contribution in [-0.2, 0) is 24.2 Å². The van der Waals surface area contributed by atoms with Crippen molar-refractivity contribution in [3.05, 3.63) is 173 Å². The molecule has 0 radical (unpaired) electrons. The van der Waals surface area contributed by atoms with Crippen LogP contribution in [0.3, 0.4) is 0 Å². The van der Waals surface area contributed by atoms with Gasteiger partial charge in [0.05, 0.1) is 0 Å². The third-order valence-electron chi connectivity index (χ3n) is 7.35. The van der Waals surface area contributed by atoms with E-state index in [1.165, 1.54) is 81.7 Å². The van der Waals surface area contributed by atoms with E-state index in [0.717, 1.165) is 16.5 Å². The Morgan fingerprint density at radius 1 is 0.591 bits per heavy atom. The van der Waals surface area contributed by atoms with Crippen LogP contribution >= 0.6 is 48.0 Å². The van der Waals surface area contributed by atoms with E-state index in [-0.39, 0.29) is 24.8 Å². The zero-order valence-electron chi connectivity index (χ0n) is 23.6. The Kier molecular flexibility index (Phi) is 12.3. The number of rotatable bonds is 2. The Hall–Kier alpha value is -2.90. The van der Waals surface area contributed by atoms with Crippen LogP contribution in [-0.4, -0.2) is 3.21 Å². The van der Waals surface area contributed by atoms with Crippen molar-refractivity contribution in [3.8, 4) is 0 Å². The van der Waals surface area contributed by atoms with Crippen molar-refractivity contribution in [2.75, 3.05) is 0 Å². The summed E-state index contributed by atoms with van der Waals surface area (Å²) in [4.78, 5) is 0. The smallest absolute Gasteiger partial charge is 0.0255 e. The molecule has 0 aromatic heterocycles. The third kappa shape index (κ3) is 7.48. The summed E-state index contributed by atoms with van der Waals surface area (Å²) in [6.45, 7) is 0. The Balaban J connectivity index is 0.000000171. The fraction of sp³-hybridized carbons (Fsp3) is 0.0256. The molecule has 0 heterocycles. The molecule has 7 aromatic carbocycles. The van der Waals surface area contributed by atoms with Gasteiger partial charge < -0.3 is 0 Å². The quantitative estimate of drug-likeness (QED) is 0.123. The van der Waals surface area contributed by atoms with Crippen molar-refractivity contribution >= 4 is 94.3 Å². The first-order valence-electron chi connectivity index (χ1n) is 13.8. The fourth-order valence-electron chi connectivity index (χ4n) is 5.35. The molecule has 7 aromatic rings. The zero-order chi connectivity index (χ0) is 28.9. The van der Waals surface area contributed by atoms with Gasteiger partial charge in [-0.15, -0.1) is 64.9 Å². The first-order valence-corrected chi connectivity index (χ1v) is 15.8. The minimum Gasteiger partial charge on any atom is -0.273 e. The second-order valence-electron chi connectivity index (χ2n) is 10.0. The molecule has 0 saturated carbocycles. The molecular formula is C39H28Cl4Zr. The van der Waals surface area contributed by atoms with Crippen molar-refractivity contribution in [3.63, 3.8) is 0 Å². The summed E-state index contributed by atoms with van der Waals surface area (Å²) in [6.07, 6.45) is 10.0. The van der Waals surface area contributed by atoms with Crippen molar-refractivity contribution in [2.45, 2.75) is 6.42 Å². The maximum Gasteiger partial charge on any atom is -0.0255 e. The number of hydrogen-bond donors (Lipinski definition) is 0. The van der Waals surface area contributed by atoms with Crippen LogP contribution in [0.4, 0.5) is 0 Å². The first-order chi connectivity index (χ1) is 20.6. The van der Waals surface area contributed by atoms with E-state index in [4.69, 9.17) is 23.2 Å². The van der Waals surface area contributed by atoms with Gasteiger partial charge in [0.1, 0.15) is 0 Å². The summed E-state index contributed by atoms with van der Waals surface area (Å²) >= 11 is 13.1. The van der Waals surface area contributed by atoms with Gasteiger partial charge in [-0.1, -0.05) is 77.5 Å². The van der Waals surface area contributed by atoms with Gasteiger partial charge in [0.2, 0.25) is 0 Å². The predicted molar refractivity (Wildman–Crippen MR) is 194 cm³/mol. The van der Waals surface area contributed by atoms with Crippen molar-refractivity contribution < 1.29 is 24.2 Å². The molecule has 216 valence electrons. The average Bonchev–Trinajstić information content (AvgIpc) is 3.75. The first kappa shape index (κ1) is 34.0. The molecule has 0 nitrogen and oxygen atoms in total. The molecule has 0 aliphatic heterocycles. The van der Waals surface area contributed by atoms with Gasteiger partial charge in [0.15, 0.2) is 0 Å². The van der Waals surface area contributed by atoms with Crippen LogP contribution < -0.4 is 0 Å². The molecule has 0 amide bonds. The predicted octanol–water partition coefficient (Wildman–Crippen LogP) is 12.3. The fourth-order valence-corrected chi connectivity index (χ4v) is 6.43. The molecule has 1 aliphatic carbocycles. The number of benzene rings is 6. The van der Waals surface area contributed by atoms with E-state index < -0.39 is 0 Å². The molecular weight excluding hydrogens is 701 g/mol. The minimum atomic E-state index is 0. The van der Waals surface area contributed by atoms with Crippen LogP contribution in [0.15, 0.2) is 146 Å². The van der Waals surface area contributed by atoms with Gasteiger partial charge in [-0.2, -0.15) is 6.08 Å². The van der Waals surface area contributed by atoms with E-state index in [1.807, 2.05) is 60.7 Å². The molecule has 0 unspecified atom stereocenters. The van der Waals surface area contributed by atoms with E-state index in [1.54, 1.807) is 0 Å². The van der Waals surface area contributed by atoms with Crippen LogP contribution in [0.1, 0.15) is 17.5 Å². The van der Waals surface area contributed by atoms with Gasteiger partial charge in [-0.3, -0.25) is 6.08 Å². The average molecular weight is 730 g/mol. The van der Waals surface area contributed by atoms with Crippen LogP contribution in [0.25, 0.3) is 43.1 Å². The molecule has 8 rings (SSSR count). The maximum atomic E-state index is 5.86. The summed E-state index contributed by atoms with van der Waals surface area (Å²) in [6, 6.07) is 44.3. The summed E-state index contributed by atoms with van der Waals surface area (Å²) in [5, 5.41) is 12.4. The summed E-state index contributed by atoms with van der Waals surface area (Å²) in [5.41, 5.74) is 2.43. The van der Waals surface area contributed by atoms with Gasteiger partial charge in [-0.25, -0.2) is 12.2 Å². The minimum absolute atomic E-state index is 0. The Bertz CT molecular complexity index is 2030. The van der Waals surface area contributed by atoms with Crippen LogP contribution in [0.2, 0.25) is 10.0 Å². The second-order valence-corrected chi connectivity index (χ2v) is 12.1. The topological polar surface area (TPSA) is 0 Å². The maximum absolute atomic E-state index is 5.86. The Labute approximate surface area is 295 Å². The van der Waals surface area contributed by atoms with Crippen molar-refractivity contribution in [2.24, 2.45) is 0 Å². The van der Waals surface area contributed by atoms with E-state index in [2.05, 4.69) is 91.0 Å². The van der Waals surface area contributed by atoms with Gasteiger partial charge in [0.25, 0.3) is 0 Å². The van der Waals surface area contributed by atoms with Gasteiger partial charge in [0, 0.05) is 0 Å². The number of allylic oxidation sites excluding steroid dienone is 4. The van der Waals surface area contributed by atoms with E-state index in [0.29, 0.717) is 0 Å². The number of halogens is 4. The Morgan fingerprint density at radius 3 is 1.57 bits per heavy atom. The molecule has 0 saturated heterocycles. The SMILES string of the molecule is Cl.Cl.Clc1ccc([C](=[Zr+2])c2ccc(Cl)cc2)cc1.[C-]1=CC=CC1.c1ccc2c(c1)[cH-]c1c3ccccc3c3ccccc3c21. The zero-order valence-corrected chi connectivity index (χ0v) is 29.2. The molecule has 1 aliphatic rings. The monoisotopic (exact) mass is 726 g/mol. The largest absolute Gasteiger partial charge is 0.273 e. The van der Waals surface area contributed by atoms with Crippen molar-refractivity contribution in [1.82, 2.24) is 0 Å². The molecule has 5 heteroatoms. The number of hydrogen-bond acceptors (Lipinski definition) is 0. The van der Waals surface area contributed by atoms with E-state index >= 15 is 0 Å². The molecule has 0 N–H and O–H groups in total. The standard InChI is InChI=1S/C21H13.C13H8Cl2.C5H5.2ClH.Zr/c1-2-8-15-14(7-1)13-20-18-11-4-3-9-16(18)17-10-5-6-12-19(17)21(15)20;14-12-5-1-10(2-6-12)9-11-3-7-13(15)8-4-11;1-2-4-5-3-1;;;/h1-13H;1-8H;1-3H,4H2;2*1H;/q-1;;-1;;;+2. The molecule has 44 heavy (non-hydrogen) atoms. The Morgan fingerprint density at radius 2 is 1.07 bits per heavy atom. The second kappa shape index (κ2) is 15.9. The van der Waals surface area contributed by atoms with Crippen molar-refractivity contribution in [1.29, 1.82) is 0 Å². The molecule has 0 spiro atoms. The third-order valence-corrected chi connectivity index (χ3v) is 9.28. The summed E-state index contributed by atoms with van der Waals surface area (Å²) in [7, 11) is 0. The molecule has 0 fully saturated rings. The van der Waals surface area contributed by atoms with Crippen LogP contribution in [0, 0.1) is 6.08 Å². The number of fused-ring (bicyclic) bond motifs is 8. The van der Waals surface area contributed by atoms with E-state index in [9.17, 15) is 0 Å². The normalized spacial score (nSPS) is 11.4. The summed E-state index contributed by atoms with van der Waals surface area (Å²) < 4.78 is 1.31. The summed E-state index contributed by atoms with van der Waals surface area (Å²) in [5.74, 6) is 0. The van der Waals surface area contributed by atoms with Gasteiger partial charge in [-0.05, 0) is 10.8 Å². The molecule has 0 bridgehead atoms. The molecule has 0 atom stereocenters. The van der Waals surface area contributed by atoms with Gasteiger partial charge >= 0.3 is 120 Å². The van der Waals surface area contributed by atoms with Crippen LogP contribution in [0.5, 0.6) is 0 Å².